The summed E-state index contributed by atoms with van der Waals surface area (Å²) in [7, 11) is 1.94. The minimum atomic E-state index is 0. The van der Waals surface area contributed by atoms with E-state index in [-0.39, 0.29) is 36.1 Å². The van der Waals surface area contributed by atoms with Gasteiger partial charge in [0.25, 0.3) is 0 Å². The fourth-order valence-corrected chi connectivity index (χ4v) is 4.45. The number of aliphatic imine (C=N–C) groups is 1. The molecule has 2 fully saturated rings. The lowest BCUT2D eigenvalue weighted by molar-refractivity contribution is -0.00823. The molecular formula is C24H37IN6O2. The highest BCUT2D eigenvalue weighted by Crippen LogP contribution is 2.25. The molecule has 0 amide bonds. The third-order valence-electron chi connectivity index (χ3n) is 6.12. The van der Waals surface area contributed by atoms with Gasteiger partial charge in [0.2, 0.25) is 0 Å². The van der Waals surface area contributed by atoms with Gasteiger partial charge in [-0.1, -0.05) is 29.8 Å². The lowest BCUT2D eigenvalue weighted by Crippen LogP contribution is -2.48. The molecule has 0 spiro atoms. The first-order chi connectivity index (χ1) is 15.6. The number of morpholine rings is 2. The summed E-state index contributed by atoms with van der Waals surface area (Å²) in [4.78, 5) is 9.94. The van der Waals surface area contributed by atoms with E-state index in [1.807, 2.05) is 24.1 Å². The van der Waals surface area contributed by atoms with Crippen LogP contribution in [0.3, 0.4) is 0 Å². The number of hydrogen-bond donors (Lipinski definition) is 1. The summed E-state index contributed by atoms with van der Waals surface area (Å²) in [6.07, 6.45) is 3.93. The Morgan fingerprint density at radius 3 is 2.76 bits per heavy atom. The molecule has 1 aromatic carbocycles. The van der Waals surface area contributed by atoms with Crippen LogP contribution < -0.4 is 5.32 Å². The molecule has 9 heteroatoms. The third-order valence-corrected chi connectivity index (χ3v) is 6.12. The number of halogens is 1. The molecule has 4 rings (SSSR count). The summed E-state index contributed by atoms with van der Waals surface area (Å²) in [6.45, 7) is 11.5. The lowest BCUT2D eigenvalue weighted by atomic mass is 10.0. The average molecular weight is 569 g/mol. The van der Waals surface area contributed by atoms with Gasteiger partial charge in [-0.15, -0.1) is 24.0 Å². The first-order valence-electron chi connectivity index (χ1n) is 11.7. The van der Waals surface area contributed by atoms with Gasteiger partial charge >= 0.3 is 0 Å². The maximum Gasteiger partial charge on any atom is 0.194 e. The minimum Gasteiger partial charge on any atom is -0.379 e. The molecule has 0 saturated carbocycles. The van der Waals surface area contributed by atoms with E-state index in [2.05, 4.69) is 58.3 Å². The average Bonchev–Trinajstić information content (AvgIpc) is 3.26. The largest absolute Gasteiger partial charge is 0.379 e. The van der Waals surface area contributed by atoms with Crippen molar-refractivity contribution in [3.63, 3.8) is 0 Å². The molecule has 2 aliphatic rings. The summed E-state index contributed by atoms with van der Waals surface area (Å²) in [5, 5.41) is 7.81. The second-order valence-electron chi connectivity index (χ2n) is 8.53. The number of nitrogens with one attached hydrogen (secondary N) is 1. The van der Waals surface area contributed by atoms with Crippen molar-refractivity contribution in [3.05, 3.63) is 53.3 Å². The second kappa shape index (κ2) is 12.7. The molecule has 1 aromatic heterocycles. The van der Waals surface area contributed by atoms with E-state index < -0.39 is 0 Å². The number of aryl methyl sites for hydroxylation is 2. The van der Waals surface area contributed by atoms with Crippen LogP contribution in [0.5, 0.6) is 0 Å². The summed E-state index contributed by atoms with van der Waals surface area (Å²) < 4.78 is 13.5. The van der Waals surface area contributed by atoms with E-state index in [9.17, 15) is 0 Å². The van der Waals surface area contributed by atoms with Gasteiger partial charge in [-0.05, 0) is 19.4 Å². The van der Waals surface area contributed by atoms with Gasteiger partial charge in [-0.25, -0.2) is 0 Å². The summed E-state index contributed by atoms with van der Waals surface area (Å²) >= 11 is 0. The van der Waals surface area contributed by atoms with E-state index >= 15 is 0 Å². The normalized spacial score (nSPS) is 20.9. The molecule has 182 valence electrons. The lowest BCUT2D eigenvalue weighted by Gasteiger charge is -2.36. The predicted molar refractivity (Wildman–Crippen MR) is 141 cm³/mol. The molecular weight excluding hydrogens is 531 g/mol. The van der Waals surface area contributed by atoms with Crippen molar-refractivity contribution in [2.75, 3.05) is 59.1 Å². The van der Waals surface area contributed by atoms with Crippen molar-refractivity contribution in [2.24, 2.45) is 12.0 Å². The zero-order valence-electron chi connectivity index (χ0n) is 19.9. The predicted octanol–water partition coefficient (Wildman–Crippen LogP) is 2.76. The van der Waals surface area contributed by atoms with Crippen LogP contribution in [0, 0.1) is 6.92 Å². The molecule has 3 heterocycles. The minimum absolute atomic E-state index is 0. The monoisotopic (exact) mass is 568 g/mol. The Hall–Kier alpha value is -1.69. The van der Waals surface area contributed by atoms with E-state index in [0.29, 0.717) is 13.2 Å². The van der Waals surface area contributed by atoms with Gasteiger partial charge in [0.15, 0.2) is 5.96 Å². The molecule has 2 saturated heterocycles. The number of nitrogens with zero attached hydrogens (tertiary/aromatic N) is 5. The number of hydrogen-bond acceptors (Lipinski definition) is 5. The topological polar surface area (TPSA) is 67.2 Å². The van der Waals surface area contributed by atoms with Gasteiger partial charge in [-0.2, -0.15) is 5.10 Å². The van der Waals surface area contributed by atoms with Gasteiger partial charge in [0, 0.05) is 45.0 Å². The maximum atomic E-state index is 6.04. The highest BCUT2D eigenvalue weighted by atomic mass is 127. The van der Waals surface area contributed by atoms with Crippen molar-refractivity contribution in [2.45, 2.75) is 26.0 Å². The molecule has 8 nitrogen and oxygen atoms in total. The summed E-state index contributed by atoms with van der Waals surface area (Å²) in [5.74, 6) is 0.954. The number of ether oxygens (including phenoxy) is 2. The molecule has 2 aromatic rings. The standard InChI is InChI=1S/C24H36N6O2.HI/c1-4-25-24(30-10-13-32-23(18-30)21-15-27-28(3)17-21)26-16-22(29-8-11-31-12-9-29)20-7-5-6-19(2)14-20;/h5-7,14-15,17,22-23H,4,8-13,16,18H2,1-3H3,(H,25,26);1H. The molecule has 1 N–H and O–H groups in total. The fourth-order valence-electron chi connectivity index (χ4n) is 4.45. The van der Waals surface area contributed by atoms with Crippen molar-refractivity contribution >= 4 is 29.9 Å². The molecule has 0 aliphatic carbocycles. The molecule has 2 aliphatic heterocycles. The highest BCUT2D eigenvalue weighted by molar-refractivity contribution is 14.0. The van der Waals surface area contributed by atoms with Crippen molar-refractivity contribution < 1.29 is 9.47 Å². The first kappa shape index (κ1) is 25.9. The molecule has 2 unspecified atom stereocenters. The SMILES string of the molecule is CCNC(=NCC(c1cccc(C)c1)N1CCOCC1)N1CCOC(c2cnn(C)c2)C1.I. The highest BCUT2D eigenvalue weighted by Gasteiger charge is 2.27. The Morgan fingerprint density at radius 2 is 2.06 bits per heavy atom. The smallest absolute Gasteiger partial charge is 0.194 e. The van der Waals surface area contributed by atoms with Crippen LogP contribution in [0.1, 0.15) is 35.8 Å². The van der Waals surface area contributed by atoms with Gasteiger partial charge in [-0.3, -0.25) is 14.6 Å². The number of benzene rings is 1. The van der Waals surface area contributed by atoms with Crippen LogP contribution >= 0.6 is 24.0 Å². The third kappa shape index (κ3) is 6.91. The number of rotatable bonds is 6. The van der Waals surface area contributed by atoms with E-state index in [1.165, 1.54) is 11.1 Å². The van der Waals surface area contributed by atoms with Crippen LogP contribution in [0.15, 0.2) is 41.7 Å². The van der Waals surface area contributed by atoms with Crippen LogP contribution in [-0.2, 0) is 16.5 Å². The van der Waals surface area contributed by atoms with Crippen LogP contribution in [0.25, 0.3) is 0 Å². The van der Waals surface area contributed by atoms with Gasteiger partial charge < -0.3 is 19.7 Å². The fraction of sp³-hybridized carbons (Fsp3) is 0.583. The maximum absolute atomic E-state index is 6.04. The summed E-state index contributed by atoms with van der Waals surface area (Å²) in [5.41, 5.74) is 3.71. The van der Waals surface area contributed by atoms with E-state index in [0.717, 1.165) is 57.5 Å². The van der Waals surface area contributed by atoms with Crippen LogP contribution in [0.4, 0.5) is 0 Å². The molecule has 0 bridgehead atoms. The van der Waals surface area contributed by atoms with Crippen molar-refractivity contribution in [1.82, 2.24) is 24.9 Å². The van der Waals surface area contributed by atoms with Crippen molar-refractivity contribution in [1.29, 1.82) is 0 Å². The van der Waals surface area contributed by atoms with Crippen LogP contribution in [-0.4, -0.2) is 84.6 Å². The van der Waals surface area contributed by atoms with Gasteiger partial charge in [0.05, 0.1) is 45.1 Å². The zero-order chi connectivity index (χ0) is 22.3. The van der Waals surface area contributed by atoms with Crippen LogP contribution in [0.2, 0.25) is 0 Å². The van der Waals surface area contributed by atoms with Crippen molar-refractivity contribution in [3.8, 4) is 0 Å². The summed E-state index contributed by atoms with van der Waals surface area (Å²) in [6, 6.07) is 9.05. The number of aromatic nitrogens is 2. The molecule has 2 atom stereocenters. The Balaban J connectivity index is 0.00000306. The Morgan fingerprint density at radius 1 is 1.24 bits per heavy atom. The molecule has 0 radical (unpaired) electrons. The van der Waals surface area contributed by atoms with E-state index in [1.54, 1.807) is 0 Å². The number of guanidine groups is 1. The quantitative estimate of drug-likeness (QED) is 0.329. The Bertz CT molecular complexity index is 899. The Labute approximate surface area is 214 Å². The zero-order valence-corrected chi connectivity index (χ0v) is 22.3. The first-order valence-corrected chi connectivity index (χ1v) is 11.7. The molecule has 33 heavy (non-hydrogen) atoms. The van der Waals surface area contributed by atoms with E-state index in [4.69, 9.17) is 14.5 Å². The van der Waals surface area contributed by atoms with Gasteiger partial charge in [0.1, 0.15) is 6.10 Å². The Kier molecular flexibility index (Phi) is 9.96. The second-order valence-corrected chi connectivity index (χ2v) is 8.53.